The van der Waals surface area contributed by atoms with Gasteiger partial charge in [-0.2, -0.15) is 5.10 Å². The Morgan fingerprint density at radius 2 is 1.86 bits per heavy atom. The average molecular weight is 549 g/mol. The second kappa shape index (κ2) is 10.3. The van der Waals surface area contributed by atoms with E-state index in [0.29, 0.717) is 46.7 Å². The van der Waals surface area contributed by atoms with Crippen LogP contribution in [0.2, 0.25) is 5.02 Å². The van der Waals surface area contributed by atoms with Gasteiger partial charge in [0, 0.05) is 43.3 Å². The molecule has 1 aliphatic heterocycles. The number of hydrogen-bond donors (Lipinski definition) is 0. The third-order valence-electron chi connectivity index (χ3n) is 6.04. The zero-order valence-electron chi connectivity index (χ0n) is 19.0. The summed E-state index contributed by atoms with van der Waals surface area (Å²) in [6.45, 7) is 2.89. The first-order valence-electron chi connectivity index (χ1n) is 10.9. The highest BCUT2D eigenvalue weighted by Gasteiger charge is 2.34. The number of hydrogen-bond acceptors (Lipinski definition) is 10. The molecule has 4 aromatic rings. The Kier molecular flexibility index (Phi) is 7.14. The van der Waals surface area contributed by atoms with Crippen LogP contribution < -0.4 is 4.90 Å². The first-order valence-corrected chi connectivity index (χ1v) is 13.8. The monoisotopic (exact) mass is 548 g/mol. The molecule has 0 spiro atoms. The van der Waals surface area contributed by atoms with Crippen molar-refractivity contribution in [3.05, 3.63) is 59.8 Å². The van der Waals surface area contributed by atoms with E-state index in [4.69, 9.17) is 16.6 Å². The number of nitrogens with zero attached hydrogens (tertiary/aromatic N) is 8. The van der Waals surface area contributed by atoms with Crippen molar-refractivity contribution in [2.24, 2.45) is 0 Å². The maximum atomic E-state index is 11.6. The van der Waals surface area contributed by atoms with Gasteiger partial charge < -0.3 is 14.0 Å². The minimum atomic E-state index is -2.30. The molecule has 0 aliphatic carbocycles. The van der Waals surface area contributed by atoms with Gasteiger partial charge in [-0.3, -0.25) is 22.4 Å². The average Bonchev–Trinajstić information content (AvgIpc) is 3.46. The fourth-order valence-corrected chi connectivity index (χ4v) is 5.64. The molecule has 12 nitrogen and oxygen atoms in total. The molecule has 0 saturated carbocycles. The molecule has 0 amide bonds. The molecule has 4 aromatic heterocycles. The lowest BCUT2D eigenvalue weighted by Gasteiger charge is -2.46. The van der Waals surface area contributed by atoms with Crippen molar-refractivity contribution in [1.82, 2.24) is 34.0 Å². The summed E-state index contributed by atoms with van der Waals surface area (Å²) in [6, 6.07) is 4.87. The zero-order chi connectivity index (χ0) is 25.4. The molecule has 1 saturated heterocycles. The Balaban J connectivity index is 1.47. The first-order chi connectivity index (χ1) is 17.3. The Morgan fingerprint density at radius 3 is 2.64 bits per heavy atom. The summed E-state index contributed by atoms with van der Waals surface area (Å²) in [4.78, 5) is 17.5. The Labute approximate surface area is 216 Å². The smallest absolute Gasteiger partial charge is 0.180 e. The second-order valence-corrected chi connectivity index (χ2v) is 10.6. The standard InChI is InChI=1S/C21H23ClN8O4S2/c1-14-8-27(11-18(30(14)13-36(33)34)15-6-25-28(9-15)12-35(31)32)20-4-5-23-21(26-20)17-7-24-19-3-2-16(22)10-29(17)19/h2-7,9-10,14,18H,8,11-13H2,1H3,(H,31,32)(H,33,34)/p-2. The summed E-state index contributed by atoms with van der Waals surface area (Å²) in [5.41, 5.74) is 2.12. The van der Waals surface area contributed by atoms with Crippen LogP contribution in [0.3, 0.4) is 0 Å². The van der Waals surface area contributed by atoms with Crippen molar-refractivity contribution in [3.8, 4) is 11.5 Å². The predicted molar refractivity (Wildman–Crippen MR) is 132 cm³/mol. The van der Waals surface area contributed by atoms with Gasteiger partial charge in [0.15, 0.2) is 5.82 Å². The van der Waals surface area contributed by atoms with Crippen LogP contribution in [0.25, 0.3) is 17.2 Å². The molecular weight excluding hydrogens is 528 g/mol. The fraction of sp³-hybridized carbons (Fsp3) is 0.333. The van der Waals surface area contributed by atoms with Crippen LogP contribution in [0.1, 0.15) is 18.5 Å². The first kappa shape index (κ1) is 24.9. The van der Waals surface area contributed by atoms with Crippen LogP contribution >= 0.6 is 11.6 Å². The number of halogens is 1. The Bertz CT molecular complexity index is 1450. The van der Waals surface area contributed by atoms with Crippen LogP contribution in [-0.4, -0.2) is 76.6 Å². The maximum absolute atomic E-state index is 11.6. The van der Waals surface area contributed by atoms with Gasteiger partial charge in [-0.1, -0.05) is 11.6 Å². The second-order valence-electron chi connectivity index (χ2n) is 8.42. The molecule has 0 N–H and O–H groups in total. The minimum Gasteiger partial charge on any atom is -0.771 e. The molecule has 0 radical (unpaired) electrons. The van der Waals surface area contributed by atoms with Crippen molar-refractivity contribution in [1.29, 1.82) is 0 Å². The van der Waals surface area contributed by atoms with E-state index in [-0.39, 0.29) is 23.8 Å². The largest absolute Gasteiger partial charge is 0.771 e. The van der Waals surface area contributed by atoms with Crippen molar-refractivity contribution in [3.63, 3.8) is 0 Å². The van der Waals surface area contributed by atoms with Crippen LogP contribution in [0.4, 0.5) is 5.82 Å². The van der Waals surface area contributed by atoms with E-state index in [1.165, 1.54) is 4.68 Å². The van der Waals surface area contributed by atoms with Gasteiger partial charge in [0.25, 0.3) is 0 Å². The lowest BCUT2D eigenvalue weighted by atomic mass is 10.0. The number of piperazine rings is 1. The number of pyridine rings is 1. The van der Waals surface area contributed by atoms with E-state index < -0.39 is 22.2 Å². The third-order valence-corrected chi connectivity index (χ3v) is 7.25. The quantitative estimate of drug-likeness (QED) is 0.311. The molecule has 5 heterocycles. The third kappa shape index (κ3) is 5.19. The lowest BCUT2D eigenvalue weighted by molar-refractivity contribution is 0.145. The Hall–Kier alpha value is -2.75. The summed E-state index contributed by atoms with van der Waals surface area (Å²) in [5, 5.41) is 4.69. The molecule has 1 fully saturated rings. The van der Waals surface area contributed by atoms with Crippen LogP contribution in [-0.2, 0) is 28.0 Å². The van der Waals surface area contributed by atoms with Gasteiger partial charge in [-0.25, -0.2) is 15.0 Å². The van der Waals surface area contributed by atoms with Gasteiger partial charge in [0.2, 0.25) is 0 Å². The number of fused-ring (bicyclic) bond motifs is 1. The van der Waals surface area contributed by atoms with Gasteiger partial charge in [-0.05, 0) is 47.3 Å². The molecule has 0 aromatic carbocycles. The van der Waals surface area contributed by atoms with Crippen LogP contribution in [0.5, 0.6) is 0 Å². The van der Waals surface area contributed by atoms with Crippen molar-refractivity contribution < 1.29 is 17.5 Å². The van der Waals surface area contributed by atoms with E-state index in [9.17, 15) is 17.5 Å². The van der Waals surface area contributed by atoms with Crippen molar-refractivity contribution in [2.75, 3.05) is 23.9 Å². The molecule has 4 atom stereocenters. The van der Waals surface area contributed by atoms with Crippen LogP contribution in [0.15, 0.2) is 49.2 Å². The van der Waals surface area contributed by atoms with Gasteiger partial charge in [-0.15, -0.1) is 0 Å². The molecule has 5 rings (SSSR count). The van der Waals surface area contributed by atoms with E-state index in [1.807, 2.05) is 22.3 Å². The summed E-state index contributed by atoms with van der Waals surface area (Å²) in [5.74, 6) is 0.707. The zero-order valence-corrected chi connectivity index (χ0v) is 21.4. The molecule has 36 heavy (non-hydrogen) atoms. The molecule has 0 bridgehead atoms. The summed E-state index contributed by atoms with van der Waals surface area (Å²) < 4.78 is 48.5. The fourth-order valence-electron chi connectivity index (χ4n) is 4.44. The lowest BCUT2D eigenvalue weighted by Crippen LogP contribution is -2.54. The molecular formula is C21H21ClN8O4S2-2. The molecule has 15 heteroatoms. The minimum absolute atomic E-state index is 0.147. The highest BCUT2D eigenvalue weighted by Crippen LogP contribution is 2.31. The predicted octanol–water partition coefficient (Wildman–Crippen LogP) is 1.57. The highest BCUT2D eigenvalue weighted by molar-refractivity contribution is 7.79. The molecule has 1 aliphatic rings. The number of rotatable bonds is 7. The van der Waals surface area contributed by atoms with E-state index in [0.717, 1.165) is 0 Å². The summed E-state index contributed by atoms with van der Waals surface area (Å²) in [7, 11) is 0. The van der Waals surface area contributed by atoms with Gasteiger partial charge in [0.05, 0.1) is 29.3 Å². The SMILES string of the molecule is CC1CN(c2ccnc(-c3cnc4ccc(Cl)cn34)n2)CC(c2cnn(CS(=O)[O-])c2)N1CS(=O)[O-]. The van der Waals surface area contributed by atoms with Crippen molar-refractivity contribution in [2.45, 2.75) is 24.9 Å². The topological polar surface area (TPSA) is 148 Å². The normalized spacial score (nSPS) is 20.6. The van der Waals surface area contributed by atoms with Crippen molar-refractivity contribution >= 4 is 45.2 Å². The number of imidazole rings is 1. The number of aromatic nitrogens is 6. The Morgan fingerprint density at radius 1 is 1.06 bits per heavy atom. The summed E-state index contributed by atoms with van der Waals surface area (Å²) in [6.07, 6.45) is 8.31. The molecule has 4 unspecified atom stereocenters. The van der Waals surface area contributed by atoms with Gasteiger partial charge >= 0.3 is 0 Å². The highest BCUT2D eigenvalue weighted by atomic mass is 35.5. The molecule has 190 valence electrons. The summed E-state index contributed by atoms with van der Waals surface area (Å²) >= 11 is 1.58. The van der Waals surface area contributed by atoms with E-state index >= 15 is 0 Å². The maximum Gasteiger partial charge on any atom is 0.180 e. The van der Waals surface area contributed by atoms with Gasteiger partial charge in [0.1, 0.15) is 23.0 Å². The van der Waals surface area contributed by atoms with Crippen LogP contribution in [0, 0.1) is 0 Å². The number of anilines is 1. The van der Waals surface area contributed by atoms with E-state index in [1.54, 1.807) is 43.1 Å². The van der Waals surface area contributed by atoms with E-state index in [2.05, 4.69) is 20.0 Å².